The fraction of sp³-hybridized carbons (Fsp3) is 0.300. The molecule has 0 atom stereocenters. The summed E-state index contributed by atoms with van der Waals surface area (Å²) in [4.78, 5) is 0. The molecule has 0 aliphatic carbocycles. The van der Waals surface area contributed by atoms with E-state index < -0.39 is 0 Å². The molecule has 0 amide bonds. The normalized spacial score (nSPS) is 10.1. The largest absolute Gasteiger partial charge is 0.495 e. The Labute approximate surface area is 93.0 Å². The number of hydrogen-bond acceptors (Lipinski definition) is 5. The fourth-order valence-corrected chi connectivity index (χ4v) is 1.39. The van der Waals surface area contributed by atoms with Gasteiger partial charge in [0.05, 0.1) is 12.8 Å². The molecule has 0 unspecified atom stereocenters. The minimum atomic E-state index is 0.697. The van der Waals surface area contributed by atoms with Crippen molar-refractivity contribution in [2.75, 3.05) is 19.0 Å². The number of tetrazole rings is 1. The molecule has 0 aliphatic rings. The van der Waals surface area contributed by atoms with Gasteiger partial charge in [0.15, 0.2) is 5.82 Å². The molecule has 6 heteroatoms. The van der Waals surface area contributed by atoms with Crippen LogP contribution in [0.25, 0.3) is 0 Å². The molecule has 0 fully saturated rings. The van der Waals surface area contributed by atoms with E-state index in [4.69, 9.17) is 4.74 Å². The number of nitrogens with zero attached hydrogens (tertiary/aromatic N) is 3. The van der Waals surface area contributed by atoms with Crippen molar-refractivity contribution in [1.82, 2.24) is 20.6 Å². The van der Waals surface area contributed by atoms with Crippen molar-refractivity contribution in [1.29, 1.82) is 0 Å². The van der Waals surface area contributed by atoms with Crippen molar-refractivity contribution in [3.8, 4) is 5.75 Å². The van der Waals surface area contributed by atoms with Crippen LogP contribution in [0.1, 0.15) is 5.82 Å². The number of para-hydroxylation sites is 2. The van der Waals surface area contributed by atoms with Crippen molar-refractivity contribution in [2.24, 2.45) is 0 Å². The third kappa shape index (κ3) is 2.47. The highest BCUT2D eigenvalue weighted by Crippen LogP contribution is 2.22. The highest BCUT2D eigenvalue weighted by Gasteiger charge is 2.01. The number of aromatic amines is 1. The predicted octanol–water partition coefficient (Wildman–Crippen LogP) is 0.863. The third-order valence-electron chi connectivity index (χ3n) is 2.16. The molecule has 2 rings (SSSR count). The summed E-state index contributed by atoms with van der Waals surface area (Å²) in [5, 5.41) is 16.9. The number of anilines is 1. The van der Waals surface area contributed by atoms with Gasteiger partial charge < -0.3 is 10.1 Å². The summed E-state index contributed by atoms with van der Waals surface area (Å²) in [6.07, 6.45) is 0.717. The number of nitrogens with one attached hydrogen (secondary N) is 2. The lowest BCUT2D eigenvalue weighted by Crippen LogP contribution is -2.07. The van der Waals surface area contributed by atoms with Gasteiger partial charge in [0, 0.05) is 13.0 Å². The van der Waals surface area contributed by atoms with E-state index in [1.54, 1.807) is 7.11 Å². The number of aromatic nitrogens is 4. The summed E-state index contributed by atoms with van der Waals surface area (Å²) < 4.78 is 5.22. The van der Waals surface area contributed by atoms with Crippen LogP contribution in [0.5, 0.6) is 5.75 Å². The van der Waals surface area contributed by atoms with Crippen LogP contribution in [0.2, 0.25) is 0 Å². The van der Waals surface area contributed by atoms with Crippen LogP contribution in [0.15, 0.2) is 24.3 Å². The fourth-order valence-electron chi connectivity index (χ4n) is 1.39. The summed E-state index contributed by atoms with van der Waals surface area (Å²) in [6, 6.07) is 7.77. The average molecular weight is 219 g/mol. The van der Waals surface area contributed by atoms with E-state index in [2.05, 4.69) is 25.9 Å². The van der Waals surface area contributed by atoms with Gasteiger partial charge in [-0.25, -0.2) is 0 Å². The quantitative estimate of drug-likeness (QED) is 0.780. The SMILES string of the molecule is COc1ccccc1NCCc1nn[nH]n1. The van der Waals surface area contributed by atoms with E-state index in [1.165, 1.54) is 0 Å². The number of hydrogen-bond donors (Lipinski definition) is 2. The van der Waals surface area contributed by atoms with Gasteiger partial charge in [-0.3, -0.25) is 0 Å². The average Bonchev–Trinajstić information content (AvgIpc) is 2.83. The zero-order chi connectivity index (χ0) is 11.2. The number of ether oxygens (including phenoxy) is 1. The van der Waals surface area contributed by atoms with Gasteiger partial charge in [0.25, 0.3) is 0 Å². The van der Waals surface area contributed by atoms with Gasteiger partial charge in [0.2, 0.25) is 0 Å². The molecule has 84 valence electrons. The van der Waals surface area contributed by atoms with Crippen molar-refractivity contribution >= 4 is 5.69 Å². The molecule has 0 aliphatic heterocycles. The second kappa shape index (κ2) is 5.11. The van der Waals surface area contributed by atoms with Gasteiger partial charge in [-0.2, -0.15) is 5.21 Å². The molecular weight excluding hydrogens is 206 g/mol. The molecule has 0 saturated heterocycles. The van der Waals surface area contributed by atoms with Crippen molar-refractivity contribution in [2.45, 2.75) is 6.42 Å². The van der Waals surface area contributed by atoms with Crippen LogP contribution in [-0.2, 0) is 6.42 Å². The molecule has 6 nitrogen and oxygen atoms in total. The molecule has 1 aromatic heterocycles. The Morgan fingerprint density at radius 2 is 2.25 bits per heavy atom. The second-order valence-electron chi connectivity index (χ2n) is 3.21. The summed E-state index contributed by atoms with van der Waals surface area (Å²) in [5.74, 6) is 1.53. The molecule has 16 heavy (non-hydrogen) atoms. The van der Waals surface area contributed by atoms with Crippen LogP contribution in [0.4, 0.5) is 5.69 Å². The second-order valence-corrected chi connectivity index (χ2v) is 3.21. The first kappa shape index (κ1) is 10.4. The molecule has 1 aromatic carbocycles. The Bertz CT molecular complexity index is 429. The van der Waals surface area contributed by atoms with Crippen molar-refractivity contribution < 1.29 is 4.74 Å². The minimum Gasteiger partial charge on any atom is -0.495 e. The van der Waals surface area contributed by atoms with Gasteiger partial charge in [0.1, 0.15) is 5.75 Å². The maximum absolute atomic E-state index is 5.22. The van der Waals surface area contributed by atoms with Crippen LogP contribution >= 0.6 is 0 Å². The molecular formula is C10H13N5O. The first-order chi connectivity index (χ1) is 7.90. The van der Waals surface area contributed by atoms with E-state index in [0.29, 0.717) is 12.2 Å². The first-order valence-corrected chi connectivity index (χ1v) is 4.99. The zero-order valence-corrected chi connectivity index (χ0v) is 8.97. The van der Waals surface area contributed by atoms with Crippen LogP contribution < -0.4 is 10.1 Å². The van der Waals surface area contributed by atoms with E-state index >= 15 is 0 Å². The summed E-state index contributed by atoms with van der Waals surface area (Å²) in [6.45, 7) is 0.736. The lowest BCUT2D eigenvalue weighted by atomic mass is 10.3. The van der Waals surface area contributed by atoms with Crippen molar-refractivity contribution in [3.05, 3.63) is 30.1 Å². The molecule has 0 saturated carbocycles. The highest BCUT2D eigenvalue weighted by molar-refractivity contribution is 5.56. The number of methoxy groups -OCH3 is 1. The number of rotatable bonds is 5. The molecule has 0 spiro atoms. The maximum Gasteiger partial charge on any atom is 0.176 e. The summed E-state index contributed by atoms with van der Waals surface area (Å²) >= 11 is 0. The van der Waals surface area contributed by atoms with E-state index in [-0.39, 0.29) is 0 Å². The van der Waals surface area contributed by atoms with Gasteiger partial charge in [-0.15, -0.1) is 10.2 Å². The number of benzene rings is 1. The maximum atomic E-state index is 5.22. The third-order valence-corrected chi connectivity index (χ3v) is 2.16. The summed E-state index contributed by atoms with van der Waals surface area (Å²) in [7, 11) is 1.65. The molecule has 2 N–H and O–H groups in total. The molecule has 2 aromatic rings. The van der Waals surface area contributed by atoms with Crippen LogP contribution in [0, 0.1) is 0 Å². The monoisotopic (exact) mass is 219 g/mol. The van der Waals surface area contributed by atoms with Gasteiger partial charge in [-0.05, 0) is 12.1 Å². The Balaban J connectivity index is 1.89. The molecule has 0 radical (unpaired) electrons. The first-order valence-electron chi connectivity index (χ1n) is 4.99. The Morgan fingerprint density at radius 3 is 3.00 bits per heavy atom. The Morgan fingerprint density at radius 1 is 1.38 bits per heavy atom. The van der Waals surface area contributed by atoms with Crippen molar-refractivity contribution in [3.63, 3.8) is 0 Å². The standard InChI is InChI=1S/C10H13N5O/c1-16-9-5-3-2-4-8(9)11-7-6-10-12-14-15-13-10/h2-5,11H,6-7H2,1H3,(H,12,13,14,15). The van der Waals surface area contributed by atoms with E-state index in [1.807, 2.05) is 24.3 Å². The van der Waals surface area contributed by atoms with Gasteiger partial charge >= 0.3 is 0 Å². The predicted molar refractivity (Wildman–Crippen MR) is 59.4 cm³/mol. The Hall–Kier alpha value is -2.11. The van der Waals surface area contributed by atoms with Crippen LogP contribution in [0.3, 0.4) is 0 Å². The molecule has 0 bridgehead atoms. The number of H-pyrrole nitrogens is 1. The summed E-state index contributed by atoms with van der Waals surface area (Å²) in [5.41, 5.74) is 0.966. The van der Waals surface area contributed by atoms with E-state index in [0.717, 1.165) is 18.0 Å². The van der Waals surface area contributed by atoms with Gasteiger partial charge in [-0.1, -0.05) is 17.3 Å². The molecule has 1 heterocycles. The lowest BCUT2D eigenvalue weighted by molar-refractivity contribution is 0.416. The van der Waals surface area contributed by atoms with Crippen LogP contribution in [-0.4, -0.2) is 34.3 Å². The highest BCUT2D eigenvalue weighted by atomic mass is 16.5. The lowest BCUT2D eigenvalue weighted by Gasteiger charge is -2.09. The Kier molecular flexibility index (Phi) is 3.32. The van der Waals surface area contributed by atoms with E-state index in [9.17, 15) is 0 Å². The minimum absolute atomic E-state index is 0.697. The zero-order valence-electron chi connectivity index (χ0n) is 8.97. The topological polar surface area (TPSA) is 75.7 Å². The smallest absolute Gasteiger partial charge is 0.176 e.